The van der Waals surface area contributed by atoms with Gasteiger partial charge in [0.25, 0.3) is 0 Å². The number of carbonyl (C=O) groups excluding carboxylic acids is 1. The molecular formula is C14H17N3O. The molecule has 0 spiro atoms. The zero-order chi connectivity index (χ0) is 12.7. The van der Waals surface area contributed by atoms with Gasteiger partial charge in [0, 0.05) is 23.6 Å². The van der Waals surface area contributed by atoms with Crippen LogP contribution in [-0.2, 0) is 18.3 Å². The van der Waals surface area contributed by atoms with Gasteiger partial charge >= 0.3 is 0 Å². The number of fused-ring (bicyclic) bond motifs is 3. The lowest BCUT2D eigenvalue weighted by molar-refractivity contribution is -0.122. The molecule has 1 aliphatic rings. The lowest BCUT2D eigenvalue weighted by Crippen LogP contribution is -2.36. The smallest absolute Gasteiger partial charge is 0.241 e. The van der Waals surface area contributed by atoms with E-state index in [1.165, 1.54) is 22.2 Å². The van der Waals surface area contributed by atoms with Crippen LogP contribution in [0.2, 0.25) is 0 Å². The van der Waals surface area contributed by atoms with Gasteiger partial charge in [0.1, 0.15) is 0 Å². The second-order valence-corrected chi connectivity index (χ2v) is 4.89. The highest BCUT2D eigenvalue weighted by atomic mass is 16.2. The lowest BCUT2D eigenvalue weighted by atomic mass is 9.84. The standard InChI is InChI=1S/C14H17N3O/c1-17-11-7-3-2-5-9(11)13-10(14(18)16-15)6-4-8-12(13)17/h2-3,5,7,10H,4,6,8,15H2,1H3,(H,16,18). The summed E-state index contributed by atoms with van der Waals surface area (Å²) in [4.78, 5) is 11.9. The van der Waals surface area contributed by atoms with Gasteiger partial charge in [0.05, 0.1) is 5.92 Å². The summed E-state index contributed by atoms with van der Waals surface area (Å²) in [6.45, 7) is 0. The number of carbonyl (C=O) groups is 1. The van der Waals surface area contributed by atoms with Crippen LogP contribution in [0.1, 0.15) is 30.0 Å². The van der Waals surface area contributed by atoms with Gasteiger partial charge in [-0.1, -0.05) is 18.2 Å². The van der Waals surface area contributed by atoms with Crippen molar-refractivity contribution in [1.29, 1.82) is 0 Å². The van der Waals surface area contributed by atoms with Crippen LogP contribution in [-0.4, -0.2) is 10.5 Å². The van der Waals surface area contributed by atoms with Crippen molar-refractivity contribution in [3.63, 3.8) is 0 Å². The van der Waals surface area contributed by atoms with Crippen LogP contribution in [0.3, 0.4) is 0 Å². The number of para-hydroxylation sites is 1. The van der Waals surface area contributed by atoms with Gasteiger partial charge in [-0.3, -0.25) is 10.2 Å². The van der Waals surface area contributed by atoms with E-state index in [1.807, 2.05) is 12.1 Å². The number of nitrogens with one attached hydrogen (secondary N) is 1. The molecule has 0 radical (unpaired) electrons. The maximum Gasteiger partial charge on any atom is 0.241 e. The molecule has 18 heavy (non-hydrogen) atoms. The predicted octanol–water partition coefficient (Wildman–Crippen LogP) is 1.59. The Labute approximate surface area is 106 Å². The molecule has 3 N–H and O–H groups in total. The number of aromatic nitrogens is 1. The second-order valence-electron chi connectivity index (χ2n) is 4.89. The maximum atomic E-state index is 11.9. The number of hydrogen-bond acceptors (Lipinski definition) is 2. The molecule has 1 amide bonds. The van der Waals surface area contributed by atoms with Crippen LogP contribution >= 0.6 is 0 Å². The first-order valence-electron chi connectivity index (χ1n) is 6.30. The average molecular weight is 243 g/mol. The Balaban J connectivity index is 2.27. The minimum atomic E-state index is -0.107. The number of benzene rings is 1. The van der Waals surface area contributed by atoms with E-state index in [2.05, 4.69) is 29.2 Å². The normalized spacial score (nSPS) is 18.7. The SMILES string of the molecule is Cn1c2c(c3ccccc31)C(C(=O)NN)CCC2. The molecule has 94 valence electrons. The second kappa shape index (κ2) is 4.14. The minimum absolute atomic E-state index is 0.0766. The van der Waals surface area contributed by atoms with E-state index in [1.54, 1.807) is 0 Å². The van der Waals surface area contributed by atoms with Crippen LogP contribution in [0.15, 0.2) is 24.3 Å². The van der Waals surface area contributed by atoms with Crippen LogP contribution in [0.25, 0.3) is 10.9 Å². The first-order chi connectivity index (χ1) is 8.74. The summed E-state index contributed by atoms with van der Waals surface area (Å²) < 4.78 is 2.21. The van der Waals surface area contributed by atoms with Crippen molar-refractivity contribution in [2.45, 2.75) is 25.2 Å². The van der Waals surface area contributed by atoms with Crippen molar-refractivity contribution in [3.8, 4) is 0 Å². The molecule has 1 aromatic heterocycles. The van der Waals surface area contributed by atoms with Crippen molar-refractivity contribution in [2.75, 3.05) is 0 Å². The van der Waals surface area contributed by atoms with Crippen molar-refractivity contribution in [3.05, 3.63) is 35.5 Å². The molecule has 1 unspecified atom stereocenters. The molecular weight excluding hydrogens is 226 g/mol. The molecule has 1 aliphatic carbocycles. The maximum absolute atomic E-state index is 11.9. The fourth-order valence-corrected chi connectivity index (χ4v) is 3.15. The van der Waals surface area contributed by atoms with Gasteiger partial charge in [-0.25, -0.2) is 5.84 Å². The molecule has 0 aliphatic heterocycles. The highest BCUT2D eigenvalue weighted by Crippen LogP contribution is 2.38. The number of hydrazine groups is 1. The topological polar surface area (TPSA) is 60.0 Å². The summed E-state index contributed by atoms with van der Waals surface area (Å²) in [7, 11) is 2.07. The van der Waals surface area contributed by atoms with Crippen LogP contribution in [0.4, 0.5) is 0 Å². The average Bonchev–Trinajstić information content (AvgIpc) is 2.72. The van der Waals surface area contributed by atoms with Crippen molar-refractivity contribution >= 4 is 16.8 Å². The summed E-state index contributed by atoms with van der Waals surface area (Å²) in [6.07, 6.45) is 2.95. The summed E-state index contributed by atoms with van der Waals surface area (Å²) >= 11 is 0. The van der Waals surface area contributed by atoms with Gasteiger partial charge in [-0.15, -0.1) is 0 Å². The number of aryl methyl sites for hydroxylation is 1. The molecule has 1 heterocycles. The first kappa shape index (κ1) is 11.3. The summed E-state index contributed by atoms with van der Waals surface area (Å²) in [5.41, 5.74) is 5.94. The zero-order valence-corrected chi connectivity index (χ0v) is 10.4. The predicted molar refractivity (Wildman–Crippen MR) is 70.9 cm³/mol. The van der Waals surface area contributed by atoms with E-state index < -0.39 is 0 Å². The van der Waals surface area contributed by atoms with Gasteiger partial charge < -0.3 is 4.57 Å². The third kappa shape index (κ3) is 1.46. The minimum Gasteiger partial charge on any atom is -0.347 e. The Hall–Kier alpha value is -1.81. The van der Waals surface area contributed by atoms with Gasteiger partial charge in [-0.05, 0) is 30.9 Å². The fraction of sp³-hybridized carbons (Fsp3) is 0.357. The van der Waals surface area contributed by atoms with Crippen molar-refractivity contribution in [1.82, 2.24) is 9.99 Å². The van der Waals surface area contributed by atoms with E-state index in [4.69, 9.17) is 5.84 Å². The zero-order valence-electron chi connectivity index (χ0n) is 10.4. The first-order valence-corrected chi connectivity index (χ1v) is 6.30. The molecule has 0 saturated carbocycles. The van der Waals surface area contributed by atoms with E-state index in [-0.39, 0.29) is 11.8 Å². The number of rotatable bonds is 1. The lowest BCUT2D eigenvalue weighted by Gasteiger charge is -2.22. The highest BCUT2D eigenvalue weighted by molar-refractivity contribution is 5.93. The van der Waals surface area contributed by atoms with E-state index in [0.29, 0.717) is 0 Å². The Morgan fingerprint density at radius 1 is 1.44 bits per heavy atom. The third-order valence-corrected chi connectivity index (χ3v) is 3.98. The Morgan fingerprint density at radius 2 is 2.22 bits per heavy atom. The summed E-state index contributed by atoms with van der Waals surface area (Å²) in [5.74, 6) is 5.12. The fourth-order valence-electron chi connectivity index (χ4n) is 3.15. The number of nitrogens with two attached hydrogens (primary N) is 1. The number of amides is 1. The molecule has 0 saturated heterocycles. The quantitative estimate of drug-likeness (QED) is 0.454. The largest absolute Gasteiger partial charge is 0.347 e. The Kier molecular flexibility index (Phi) is 2.59. The Bertz CT molecular complexity index is 615. The molecule has 4 heteroatoms. The molecule has 2 aromatic rings. The molecule has 4 nitrogen and oxygen atoms in total. The van der Waals surface area contributed by atoms with Gasteiger partial charge in [-0.2, -0.15) is 0 Å². The van der Waals surface area contributed by atoms with Crippen LogP contribution in [0, 0.1) is 0 Å². The molecule has 0 bridgehead atoms. The molecule has 0 fully saturated rings. The molecule has 1 aromatic carbocycles. The van der Waals surface area contributed by atoms with Crippen molar-refractivity contribution < 1.29 is 4.79 Å². The third-order valence-electron chi connectivity index (χ3n) is 3.98. The number of hydrogen-bond donors (Lipinski definition) is 2. The monoisotopic (exact) mass is 243 g/mol. The Morgan fingerprint density at radius 3 is 3.00 bits per heavy atom. The van der Waals surface area contributed by atoms with Crippen molar-refractivity contribution in [2.24, 2.45) is 12.9 Å². The summed E-state index contributed by atoms with van der Waals surface area (Å²) in [5, 5.41) is 1.18. The van der Waals surface area contributed by atoms with Crippen LogP contribution < -0.4 is 11.3 Å². The van der Waals surface area contributed by atoms with E-state index in [0.717, 1.165) is 19.3 Å². The molecule has 3 rings (SSSR count). The summed E-state index contributed by atoms with van der Waals surface area (Å²) in [6, 6.07) is 8.25. The van der Waals surface area contributed by atoms with Crippen LogP contribution in [0.5, 0.6) is 0 Å². The molecule has 1 atom stereocenters. The van der Waals surface area contributed by atoms with E-state index in [9.17, 15) is 4.79 Å². The van der Waals surface area contributed by atoms with E-state index >= 15 is 0 Å². The highest BCUT2D eigenvalue weighted by Gasteiger charge is 2.30. The van der Waals surface area contributed by atoms with Gasteiger partial charge in [0.2, 0.25) is 5.91 Å². The number of nitrogens with zero attached hydrogens (tertiary/aromatic N) is 1. The van der Waals surface area contributed by atoms with Gasteiger partial charge in [0.15, 0.2) is 0 Å².